The molecule has 1 aliphatic rings. The molecule has 7 heteroatoms. The lowest BCUT2D eigenvalue weighted by atomic mass is 10.1. The summed E-state index contributed by atoms with van der Waals surface area (Å²) in [6.45, 7) is 3.71. The summed E-state index contributed by atoms with van der Waals surface area (Å²) >= 11 is 0. The van der Waals surface area contributed by atoms with Crippen molar-refractivity contribution < 1.29 is 22.7 Å². The Morgan fingerprint density at radius 2 is 1.79 bits per heavy atom. The fourth-order valence-corrected chi connectivity index (χ4v) is 5.11. The van der Waals surface area contributed by atoms with Gasteiger partial charge in [0.2, 0.25) is 0 Å². The molecular formula is C22H25NO5S. The van der Waals surface area contributed by atoms with Crippen molar-refractivity contribution in [2.45, 2.75) is 32.9 Å². The van der Waals surface area contributed by atoms with Crippen LogP contribution in [0.3, 0.4) is 0 Å². The van der Waals surface area contributed by atoms with Crippen molar-refractivity contribution >= 4 is 21.7 Å². The second-order valence-corrected chi connectivity index (χ2v) is 9.67. The van der Waals surface area contributed by atoms with Crippen LogP contribution in [0.5, 0.6) is 0 Å². The number of ether oxygens (including phenoxy) is 1. The maximum atomic E-state index is 12.9. The van der Waals surface area contributed by atoms with E-state index in [9.17, 15) is 18.0 Å². The van der Waals surface area contributed by atoms with E-state index >= 15 is 0 Å². The van der Waals surface area contributed by atoms with E-state index in [0.717, 1.165) is 16.7 Å². The predicted octanol–water partition coefficient (Wildman–Crippen LogP) is 2.68. The molecule has 0 bridgehead atoms. The first-order valence-electron chi connectivity index (χ1n) is 9.53. The Morgan fingerprint density at radius 1 is 1.07 bits per heavy atom. The maximum Gasteiger partial charge on any atom is 0.338 e. The topological polar surface area (TPSA) is 80.8 Å². The van der Waals surface area contributed by atoms with E-state index in [4.69, 9.17) is 4.74 Å². The third-order valence-corrected chi connectivity index (χ3v) is 6.98. The van der Waals surface area contributed by atoms with Gasteiger partial charge in [0.05, 0.1) is 17.1 Å². The van der Waals surface area contributed by atoms with E-state index in [1.165, 1.54) is 4.90 Å². The molecule has 29 heavy (non-hydrogen) atoms. The van der Waals surface area contributed by atoms with E-state index in [2.05, 4.69) is 0 Å². The third-order valence-electron chi connectivity index (χ3n) is 5.23. The van der Waals surface area contributed by atoms with Crippen LogP contribution in [0.1, 0.15) is 33.5 Å². The normalized spacial score (nSPS) is 17.7. The van der Waals surface area contributed by atoms with Crippen LogP contribution in [0.25, 0.3) is 0 Å². The largest absolute Gasteiger partial charge is 0.452 e. The van der Waals surface area contributed by atoms with Gasteiger partial charge in [0, 0.05) is 12.6 Å². The van der Waals surface area contributed by atoms with Crippen LogP contribution in [-0.2, 0) is 25.9 Å². The molecule has 0 N–H and O–H groups in total. The molecule has 6 nitrogen and oxygen atoms in total. The number of rotatable bonds is 6. The molecule has 154 valence electrons. The summed E-state index contributed by atoms with van der Waals surface area (Å²) in [6.07, 6.45) is 0.395. The molecule has 0 aliphatic carbocycles. The quantitative estimate of drug-likeness (QED) is 0.678. The molecule has 0 unspecified atom stereocenters. The second kappa shape index (κ2) is 8.78. The molecule has 1 amide bonds. The van der Waals surface area contributed by atoms with Gasteiger partial charge in [0.1, 0.15) is 0 Å². The van der Waals surface area contributed by atoms with Gasteiger partial charge in [-0.1, -0.05) is 36.4 Å². The highest BCUT2D eigenvalue weighted by atomic mass is 32.2. The van der Waals surface area contributed by atoms with Gasteiger partial charge in [0.25, 0.3) is 5.91 Å². The average Bonchev–Trinajstić information content (AvgIpc) is 3.06. The molecule has 1 saturated heterocycles. The first-order chi connectivity index (χ1) is 13.7. The number of nitrogens with zero attached hydrogens (tertiary/aromatic N) is 1. The average molecular weight is 416 g/mol. The minimum atomic E-state index is -3.15. The van der Waals surface area contributed by atoms with Gasteiger partial charge in [-0.15, -0.1) is 0 Å². The van der Waals surface area contributed by atoms with Crippen LogP contribution >= 0.6 is 0 Å². The van der Waals surface area contributed by atoms with Gasteiger partial charge in [-0.05, 0) is 49.1 Å². The van der Waals surface area contributed by atoms with E-state index in [1.807, 2.05) is 50.2 Å². The van der Waals surface area contributed by atoms with Crippen molar-refractivity contribution in [1.29, 1.82) is 0 Å². The van der Waals surface area contributed by atoms with E-state index in [0.29, 0.717) is 12.0 Å². The zero-order valence-corrected chi connectivity index (χ0v) is 17.4. The highest BCUT2D eigenvalue weighted by Crippen LogP contribution is 2.21. The smallest absolute Gasteiger partial charge is 0.338 e. The number of hydrogen-bond donors (Lipinski definition) is 0. The fourth-order valence-electron chi connectivity index (χ4n) is 3.38. The molecule has 1 atom stereocenters. The number of carbonyl (C=O) groups is 2. The SMILES string of the molecule is Cc1ccc(C(=O)OCC(=O)N(Cc2ccccc2)[C@@H]2CCS(=O)(=O)C2)cc1C. The summed E-state index contributed by atoms with van der Waals surface area (Å²) in [6, 6.07) is 14.2. The number of esters is 1. The molecule has 0 spiro atoms. The van der Waals surface area contributed by atoms with E-state index in [1.54, 1.807) is 12.1 Å². The Bertz CT molecular complexity index is 1000. The summed E-state index contributed by atoms with van der Waals surface area (Å²) in [5.41, 5.74) is 3.31. The van der Waals surface area contributed by atoms with Crippen LogP contribution < -0.4 is 0 Å². The number of hydrogen-bond acceptors (Lipinski definition) is 5. The van der Waals surface area contributed by atoms with Gasteiger partial charge in [0.15, 0.2) is 16.4 Å². The Labute approximate surface area is 171 Å². The first kappa shape index (κ1) is 21.0. The third kappa shape index (κ3) is 5.44. The molecule has 0 aromatic heterocycles. The first-order valence-corrected chi connectivity index (χ1v) is 11.4. The van der Waals surface area contributed by atoms with Crippen molar-refractivity contribution in [2.75, 3.05) is 18.1 Å². The van der Waals surface area contributed by atoms with Crippen molar-refractivity contribution in [1.82, 2.24) is 4.90 Å². The van der Waals surface area contributed by atoms with Gasteiger partial charge in [-0.2, -0.15) is 0 Å². The number of benzene rings is 2. The van der Waals surface area contributed by atoms with Crippen molar-refractivity contribution in [3.8, 4) is 0 Å². The highest BCUT2D eigenvalue weighted by molar-refractivity contribution is 7.91. The van der Waals surface area contributed by atoms with E-state index < -0.39 is 34.4 Å². The van der Waals surface area contributed by atoms with E-state index in [-0.39, 0.29) is 18.1 Å². The molecule has 1 heterocycles. The number of carbonyl (C=O) groups excluding carboxylic acids is 2. The molecule has 1 fully saturated rings. The van der Waals surface area contributed by atoms with Gasteiger partial charge in [-0.3, -0.25) is 4.79 Å². The minimum absolute atomic E-state index is 0.0589. The van der Waals surface area contributed by atoms with Crippen molar-refractivity contribution in [2.24, 2.45) is 0 Å². The van der Waals surface area contributed by atoms with Crippen LogP contribution in [0.4, 0.5) is 0 Å². The lowest BCUT2D eigenvalue weighted by Gasteiger charge is -2.28. The lowest BCUT2D eigenvalue weighted by molar-refractivity contribution is -0.137. The van der Waals surface area contributed by atoms with Crippen molar-refractivity contribution in [3.63, 3.8) is 0 Å². The summed E-state index contributed by atoms with van der Waals surface area (Å²) < 4.78 is 29.1. The number of amides is 1. The number of aryl methyl sites for hydroxylation is 2. The molecule has 0 saturated carbocycles. The minimum Gasteiger partial charge on any atom is -0.452 e. The standard InChI is InChI=1S/C22H25NO5S/c1-16-8-9-19(12-17(16)2)22(25)28-14-21(24)23(13-18-6-4-3-5-7-18)20-10-11-29(26,27)15-20/h3-9,12,20H,10-11,13-15H2,1-2H3/t20-/m1/s1. The Balaban J connectivity index is 1.70. The molecule has 0 radical (unpaired) electrons. The number of sulfone groups is 1. The van der Waals surface area contributed by atoms with Crippen LogP contribution in [0.2, 0.25) is 0 Å². The molecular weight excluding hydrogens is 390 g/mol. The zero-order valence-electron chi connectivity index (χ0n) is 16.6. The maximum absolute atomic E-state index is 12.9. The molecule has 1 aliphatic heterocycles. The predicted molar refractivity (Wildman–Crippen MR) is 110 cm³/mol. The molecule has 3 rings (SSSR count). The van der Waals surface area contributed by atoms with Crippen LogP contribution in [0, 0.1) is 13.8 Å². The zero-order chi connectivity index (χ0) is 21.0. The van der Waals surface area contributed by atoms with Gasteiger partial charge in [-0.25, -0.2) is 13.2 Å². The summed E-state index contributed by atoms with van der Waals surface area (Å²) in [5.74, 6) is -0.955. The van der Waals surface area contributed by atoms with Gasteiger partial charge < -0.3 is 9.64 Å². The lowest BCUT2D eigenvalue weighted by Crippen LogP contribution is -2.42. The van der Waals surface area contributed by atoms with Crippen molar-refractivity contribution in [3.05, 3.63) is 70.8 Å². The fraction of sp³-hybridized carbons (Fsp3) is 0.364. The summed E-state index contributed by atoms with van der Waals surface area (Å²) in [4.78, 5) is 26.7. The Hall–Kier alpha value is -2.67. The Kier molecular flexibility index (Phi) is 6.37. The Morgan fingerprint density at radius 3 is 2.41 bits per heavy atom. The summed E-state index contributed by atoms with van der Waals surface area (Å²) in [5, 5.41) is 0. The highest BCUT2D eigenvalue weighted by Gasteiger charge is 2.35. The van der Waals surface area contributed by atoms with Crippen LogP contribution in [-0.4, -0.2) is 49.3 Å². The molecule has 2 aromatic carbocycles. The van der Waals surface area contributed by atoms with Crippen LogP contribution in [0.15, 0.2) is 48.5 Å². The summed E-state index contributed by atoms with van der Waals surface area (Å²) in [7, 11) is -3.15. The molecule has 2 aromatic rings. The van der Waals surface area contributed by atoms with Gasteiger partial charge >= 0.3 is 5.97 Å². The monoisotopic (exact) mass is 415 g/mol. The second-order valence-electron chi connectivity index (χ2n) is 7.44.